The molecule has 2 N–H and O–H groups in total. The van der Waals surface area contributed by atoms with E-state index < -0.39 is 0 Å². The van der Waals surface area contributed by atoms with E-state index in [1.165, 1.54) is 6.33 Å². The number of carbonyl (C=O) groups is 1. The zero-order chi connectivity index (χ0) is 11.8. The number of rotatable bonds is 6. The molecular formula is C10H16N4O2. The van der Waals surface area contributed by atoms with E-state index in [-0.39, 0.29) is 12.5 Å². The Morgan fingerprint density at radius 2 is 2.31 bits per heavy atom. The summed E-state index contributed by atoms with van der Waals surface area (Å²) in [6.45, 7) is 3.09. The molecule has 0 aliphatic rings. The number of aromatic nitrogens is 2. The summed E-state index contributed by atoms with van der Waals surface area (Å²) in [6.07, 6.45) is 1.46. The molecular weight excluding hydrogens is 208 g/mol. The molecule has 6 nitrogen and oxygen atoms in total. The monoisotopic (exact) mass is 224 g/mol. The lowest BCUT2D eigenvalue weighted by Gasteiger charge is -2.06. The number of aryl methyl sites for hydroxylation is 1. The summed E-state index contributed by atoms with van der Waals surface area (Å²) < 4.78 is 4.81. The molecule has 0 aliphatic heterocycles. The fourth-order valence-electron chi connectivity index (χ4n) is 1.08. The Kier molecular flexibility index (Phi) is 5.21. The maximum atomic E-state index is 11.3. The molecule has 0 fully saturated rings. The average Bonchev–Trinajstić information content (AvgIpc) is 2.27. The van der Waals surface area contributed by atoms with Crippen molar-refractivity contribution < 1.29 is 9.53 Å². The van der Waals surface area contributed by atoms with Crippen molar-refractivity contribution in [2.75, 3.05) is 32.1 Å². The van der Waals surface area contributed by atoms with E-state index in [1.54, 1.807) is 13.2 Å². The normalized spacial score (nSPS) is 9.88. The Morgan fingerprint density at radius 3 is 3.00 bits per heavy atom. The van der Waals surface area contributed by atoms with E-state index in [1.807, 2.05) is 6.92 Å². The van der Waals surface area contributed by atoms with Crippen molar-refractivity contribution in [3.63, 3.8) is 0 Å². The van der Waals surface area contributed by atoms with Gasteiger partial charge in [0, 0.05) is 25.4 Å². The van der Waals surface area contributed by atoms with Gasteiger partial charge in [0.15, 0.2) is 0 Å². The van der Waals surface area contributed by atoms with Crippen molar-refractivity contribution in [2.45, 2.75) is 6.92 Å². The van der Waals surface area contributed by atoms with E-state index in [4.69, 9.17) is 4.74 Å². The number of hydrogen-bond acceptors (Lipinski definition) is 5. The SMILES string of the molecule is COCCNC(=O)CNc1cc(C)ncn1. The van der Waals surface area contributed by atoms with Gasteiger partial charge in [0.2, 0.25) is 5.91 Å². The minimum absolute atomic E-state index is 0.0895. The number of nitrogens with one attached hydrogen (secondary N) is 2. The van der Waals surface area contributed by atoms with Crippen molar-refractivity contribution in [1.82, 2.24) is 15.3 Å². The zero-order valence-corrected chi connectivity index (χ0v) is 9.49. The van der Waals surface area contributed by atoms with Crippen molar-refractivity contribution in [2.24, 2.45) is 0 Å². The number of amides is 1. The summed E-state index contributed by atoms with van der Waals surface area (Å²) in [6, 6.07) is 1.78. The second-order valence-corrected chi connectivity index (χ2v) is 3.24. The number of methoxy groups -OCH3 is 1. The summed E-state index contributed by atoms with van der Waals surface area (Å²) >= 11 is 0. The van der Waals surface area contributed by atoms with Crippen LogP contribution in [0.25, 0.3) is 0 Å². The minimum Gasteiger partial charge on any atom is -0.383 e. The first-order valence-corrected chi connectivity index (χ1v) is 5.00. The van der Waals surface area contributed by atoms with E-state index in [0.29, 0.717) is 19.0 Å². The van der Waals surface area contributed by atoms with Crippen LogP contribution >= 0.6 is 0 Å². The molecule has 16 heavy (non-hydrogen) atoms. The third-order valence-corrected chi connectivity index (χ3v) is 1.86. The Morgan fingerprint density at radius 1 is 1.50 bits per heavy atom. The number of anilines is 1. The molecule has 0 saturated carbocycles. The Labute approximate surface area is 94.4 Å². The lowest BCUT2D eigenvalue weighted by atomic mass is 10.4. The largest absolute Gasteiger partial charge is 0.383 e. The summed E-state index contributed by atoms with van der Waals surface area (Å²) in [5.41, 5.74) is 0.859. The van der Waals surface area contributed by atoms with Crippen molar-refractivity contribution >= 4 is 11.7 Å². The molecule has 0 radical (unpaired) electrons. The molecule has 0 spiro atoms. The van der Waals surface area contributed by atoms with E-state index in [2.05, 4.69) is 20.6 Å². The minimum atomic E-state index is -0.0895. The highest BCUT2D eigenvalue weighted by atomic mass is 16.5. The lowest BCUT2D eigenvalue weighted by molar-refractivity contribution is -0.119. The molecule has 0 atom stereocenters. The van der Waals surface area contributed by atoms with E-state index in [9.17, 15) is 4.79 Å². The standard InChI is InChI=1S/C10H16N4O2/c1-8-5-9(14-7-13-8)12-6-10(15)11-3-4-16-2/h5,7H,3-4,6H2,1-2H3,(H,11,15)(H,12,13,14). The topological polar surface area (TPSA) is 76.1 Å². The molecule has 6 heteroatoms. The maximum Gasteiger partial charge on any atom is 0.239 e. The Balaban J connectivity index is 2.26. The molecule has 1 aromatic heterocycles. The molecule has 88 valence electrons. The maximum absolute atomic E-state index is 11.3. The number of carbonyl (C=O) groups excluding carboxylic acids is 1. The molecule has 0 saturated heterocycles. The number of hydrogen-bond donors (Lipinski definition) is 2. The third kappa shape index (κ3) is 4.70. The summed E-state index contributed by atoms with van der Waals surface area (Å²) in [4.78, 5) is 19.2. The van der Waals surface area contributed by atoms with Gasteiger partial charge in [-0.05, 0) is 6.92 Å². The average molecular weight is 224 g/mol. The predicted molar refractivity (Wildman–Crippen MR) is 60.1 cm³/mol. The van der Waals surface area contributed by atoms with Crippen LogP contribution in [0.4, 0.5) is 5.82 Å². The quantitative estimate of drug-likeness (QED) is 0.663. The van der Waals surface area contributed by atoms with Crippen LogP contribution in [0.5, 0.6) is 0 Å². The summed E-state index contributed by atoms with van der Waals surface area (Å²) in [5, 5.41) is 5.61. The van der Waals surface area contributed by atoms with Gasteiger partial charge >= 0.3 is 0 Å². The van der Waals surface area contributed by atoms with E-state index >= 15 is 0 Å². The van der Waals surface area contributed by atoms with Crippen LogP contribution in [0.1, 0.15) is 5.69 Å². The highest BCUT2D eigenvalue weighted by molar-refractivity contribution is 5.80. The molecule has 0 bridgehead atoms. The van der Waals surface area contributed by atoms with Gasteiger partial charge in [-0.1, -0.05) is 0 Å². The van der Waals surface area contributed by atoms with Crippen LogP contribution in [0.15, 0.2) is 12.4 Å². The molecule has 1 amide bonds. The van der Waals surface area contributed by atoms with Crippen LogP contribution in [-0.4, -0.2) is 42.7 Å². The fraction of sp³-hybridized carbons (Fsp3) is 0.500. The first kappa shape index (κ1) is 12.4. The second-order valence-electron chi connectivity index (χ2n) is 3.24. The van der Waals surface area contributed by atoms with Gasteiger partial charge in [0.1, 0.15) is 12.1 Å². The van der Waals surface area contributed by atoms with Gasteiger partial charge in [0.25, 0.3) is 0 Å². The molecule has 1 heterocycles. The van der Waals surface area contributed by atoms with Crippen molar-refractivity contribution in [3.8, 4) is 0 Å². The van der Waals surface area contributed by atoms with Gasteiger partial charge in [-0.2, -0.15) is 0 Å². The van der Waals surface area contributed by atoms with Crippen LogP contribution in [0, 0.1) is 6.92 Å². The first-order valence-electron chi connectivity index (χ1n) is 5.00. The third-order valence-electron chi connectivity index (χ3n) is 1.86. The predicted octanol–water partition coefficient (Wildman–Crippen LogP) is -0.0405. The van der Waals surface area contributed by atoms with Crippen LogP contribution in [0.2, 0.25) is 0 Å². The number of nitrogens with zero attached hydrogens (tertiary/aromatic N) is 2. The smallest absolute Gasteiger partial charge is 0.239 e. The van der Waals surface area contributed by atoms with Gasteiger partial charge in [-0.25, -0.2) is 9.97 Å². The van der Waals surface area contributed by atoms with Crippen molar-refractivity contribution in [1.29, 1.82) is 0 Å². The van der Waals surface area contributed by atoms with Gasteiger partial charge in [0.05, 0.1) is 13.2 Å². The van der Waals surface area contributed by atoms with Gasteiger partial charge < -0.3 is 15.4 Å². The molecule has 1 aromatic rings. The van der Waals surface area contributed by atoms with E-state index in [0.717, 1.165) is 5.69 Å². The zero-order valence-electron chi connectivity index (χ0n) is 9.49. The molecule has 1 rings (SSSR count). The van der Waals surface area contributed by atoms with Gasteiger partial charge in [-0.3, -0.25) is 4.79 Å². The van der Waals surface area contributed by atoms with Gasteiger partial charge in [-0.15, -0.1) is 0 Å². The highest BCUT2D eigenvalue weighted by Crippen LogP contribution is 2.01. The fourth-order valence-corrected chi connectivity index (χ4v) is 1.08. The molecule has 0 unspecified atom stereocenters. The van der Waals surface area contributed by atoms with Crippen LogP contribution < -0.4 is 10.6 Å². The Bertz CT molecular complexity index is 343. The molecule has 0 aliphatic carbocycles. The molecule has 0 aromatic carbocycles. The summed E-state index contributed by atoms with van der Waals surface area (Å²) in [7, 11) is 1.59. The van der Waals surface area contributed by atoms with Crippen LogP contribution in [-0.2, 0) is 9.53 Å². The lowest BCUT2D eigenvalue weighted by Crippen LogP contribution is -2.32. The summed E-state index contributed by atoms with van der Waals surface area (Å²) in [5.74, 6) is 0.558. The van der Waals surface area contributed by atoms with Crippen LogP contribution in [0.3, 0.4) is 0 Å². The van der Waals surface area contributed by atoms with Crippen molar-refractivity contribution in [3.05, 3.63) is 18.1 Å². The highest BCUT2D eigenvalue weighted by Gasteiger charge is 2.00. The Hall–Kier alpha value is -1.69. The second kappa shape index (κ2) is 6.73. The first-order chi connectivity index (χ1) is 7.72. The number of ether oxygens (including phenoxy) is 1.